The van der Waals surface area contributed by atoms with Gasteiger partial charge in [0.25, 0.3) is 11.8 Å². The largest absolute Gasteiger partial charge is 0.491 e. The Hall–Kier alpha value is -2.95. The van der Waals surface area contributed by atoms with Crippen LogP contribution in [-0.4, -0.2) is 86.2 Å². The monoisotopic (exact) mass is 564 g/mol. The molecule has 2 saturated heterocycles. The highest BCUT2D eigenvalue weighted by molar-refractivity contribution is 6.53. The number of carbonyl (C=O) groups excluding carboxylic acids is 4. The summed E-state index contributed by atoms with van der Waals surface area (Å²) >= 11 is 14.2. The van der Waals surface area contributed by atoms with Crippen molar-refractivity contribution in [3.63, 3.8) is 0 Å². The molecular weight excluding hydrogens is 539 g/mol. The van der Waals surface area contributed by atoms with E-state index in [9.17, 15) is 29.1 Å². The highest BCUT2D eigenvalue weighted by atomic mass is 35.5. The summed E-state index contributed by atoms with van der Waals surface area (Å²) in [5, 5.41) is 18.4. The summed E-state index contributed by atoms with van der Waals surface area (Å²) in [4.78, 5) is 62.9. The van der Waals surface area contributed by atoms with Crippen molar-refractivity contribution in [2.24, 2.45) is 17.8 Å². The lowest BCUT2D eigenvalue weighted by atomic mass is 9.56. The van der Waals surface area contributed by atoms with Crippen LogP contribution in [0.25, 0.3) is 0 Å². The number of alkyl halides is 2. The summed E-state index contributed by atoms with van der Waals surface area (Å²) in [6.45, 7) is -0.548. The zero-order valence-corrected chi connectivity index (χ0v) is 21.9. The lowest BCUT2D eigenvalue weighted by molar-refractivity contribution is -0.143. The van der Waals surface area contributed by atoms with Crippen molar-refractivity contribution in [1.82, 2.24) is 9.80 Å². The first-order valence-electron chi connectivity index (χ1n) is 12.3. The molecule has 0 spiro atoms. The van der Waals surface area contributed by atoms with Crippen LogP contribution >= 0.6 is 23.2 Å². The number of aliphatic carboxylic acids is 1. The first kappa shape index (κ1) is 26.6. The Kier molecular flexibility index (Phi) is 6.56. The number of amides is 4. The van der Waals surface area contributed by atoms with Crippen LogP contribution in [0.2, 0.25) is 0 Å². The summed E-state index contributed by atoms with van der Waals surface area (Å²) < 4.78 is 5.76. The van der Waals surface area contributed by atoms with Gasteiger partial charge >= 0.3 is 5.97 Å². The maximum atomic E-state index is 13.6. The molecule has 3 fully saturated rings. The van der Waals surface area contributed by atoms with E-state index in [-0.39, 0.29) is 39.0 Å². The Morgan fingerprint density at radius 2 is 1.82 bits per heavy atom. The number of carboxylic acid groups (broad SMARTS) is 1. The molecule has 12 heteroatoms. The normalized spacial score (nSPS) is 34.2. The second kappa shape index (κ2) is 9.36. The minimum Gasteiger partial charge on any atom is -0.491 e. The molecule has 202 valence electrons. The van der Waals surface area contributed by atoms with E-state index in [1.165, 1.54) is 7.05 Å². The third-order valence-electron chi connectivity index (χ3n) is 8.23. The SMILES string of the molecule is CN1C(=O)C2(Cl)CC3C(=CCC4C(=O)N(CCC(=O)O)C(=O)C43)C(c3ccccc3OCCO)C2(Cl)C1=O. The fourth-order valence-electron chi connectivity index (χ4n) is 6.59. The molecule has 4 amide bonds. The molecular formula is C26H26Cl2N2O8. The number of aliphatic hydroxyl groups is 1. The minimum absolute atomic E-state index is 0.0312. The van der Waals surface area contributed by atoms with Gasteiger partial charge in [-0.1, -0.05) is 29.8 Å². The molecule has 2 aliphatic heterocycles. The second-order valence-corrected chi connectivity index (χ2v) is 11.3. The van der Waals surface area contributed by atoms with E-state index in [1.54, 1.807) is 30.3 Å². The number of benzene rings is 1. The van der Waals surface area contributed by atoms with E-state index in [0.29, 0.717) is 16.9 Å². The highest BCUT2D eigenvalue weighted by Gasteiger charge is 2.76. The van der Waals surface area contributed by atoms with Gasteiger partial charge in [-0.05, 0) is 24.8 Å². The van der Waals surface area contributed by atoms with Gasteiger partial charge in [-0.25, -0.2) is 0 Å². The quantitative estimate of drug-likeness (QED) is 0.288. The fourth-order valence-corrected chi connectivity index (χ4v) is 7.60. The zero-order chi connectivity index (χ0) is 27.6. The van der Waals surface area contributed by atoms with E-state index in [0.717, 1.165) is 9.80 Å². The van der Waals surface area contributed by atoms with E-state index < -0.39 is 63.0 Å². The highest BCUT2D eigenvalue weighted by Crippen LogP contribution is 2.65. The first-order chi connectivity index (χ1) is 18.0. The molecule has 2 aliphatic carbocycles. The topological polar surface area (TPSA) is 142 Å². The number of hydrogen-bond donors (Lipinski definition) is 2. The molecule has 1 aromatic carbocycles. The lowest BCUT2D eigenvalue weighted by Crippen LogP contribution is -2.60. The van der Waals surface area contributed by atoms with Gasteiger partial charge in [-0.3, -0.25) is 33.8 Å². The van der Waals surface area contributed by atoms with Crippen molar-refractivity contribution in [3.05, 3.63) is 41.5 Å². The number of imide groups is 2. The summed E-state index contributed by atoms with van der Waals surface area (Å²) in [7, 11) is 1.31. The number of hydrogen-bond acceptors (Lipinski definition) is 7. The van der Waals surface area contributed by atoms with E-state index >= 15 is 0 Å². The van der Waals surface area contributed by atoms with Crippen LogP contribution in [0, 0.1) is 17.8 Å². The third-order valence-corrected chi connectivity index (χ3v) is 9.65. The molecule has 6 unspecified atom stereocenters. The number of aliphatic hydroxyl groups excluding tert-OH is 1. The Morgan fingerprint density at radius 1 is 1.11 bits per heavy atom. The van der Waals surface area contributed by atoms with Gasteiger partial charge in [0.15, 0.2) is 9.75 Å². The summed E-state index contributed by atoms with van der Waals surface area (Å²) in [6, 6.07) is 6.78. The van der Waals surface area contributed by atoms with Crippen LogP contribution in [-0.2, 0) is 24.0 Å². The van der Waals surface area contributed by atoms with Crippen molar-refractivity contribution in [1.29, 1.82) is 0 Å². The van der Waals surface area contributed by atoms with Crippen LogP contribution in [0.15, 0.2) is 35.9 Å². The number of allylic oxidation sites excluding steroid dienone is 2. The standard InChI is InChI=1S/C26H26Cl2N2O8/c1-29-23(36)25(27)12-16-13(6-7-15-19(16)22(35)30(21(15)34)9-8-18(32)33)20(26(25,28)24(29)37)14-4-2-3-5-17(14)38-11-10-31/h2-6,15-16,19-20,31H,7-12H2,1H3,(H,32,33). The smallest absolute Gasteiger partial charge is 0.305 e. The molecule has 1 aromatic rings. The molecule has 0 radical (unpaired) electrons. The van der Waals surface area contributed by atoms with Gasteiger partial charge in [-0.15, -0.1) is 23.2 Å². The number of fused-ring (bicyclic) bond motifs is 4. The first-order valence-corrected chi connectivity index (χ1v) is 13.0. The molecule has 6 atom stereocenters. The van der Waals surface area contributed by atoms with Gasteiger partial charge in [0.1, 0.15) is 12.4 Å². The van der Waals surface area contributed by atoms with Crippen molar-refractivity contribution in [2.45, 2.75) is 34.9 Å². The molecule has 2 heterocycles. The molecule has 4 aliphatic rings. The molecule has 38 heavy (non-hydrogen) atoms. The summed E-state index contributed by atoms with van der Waals surface area (Å²) in [5.74, 6) is -6.46. The van der Waals surface area contributed by atoms with Crippen molar-refractivity contribution in [3.8, 4) is 5.75 Å². The summed E-state index contributed by atoms with van der Waals surface area (Å²) in [5.41, 5.74) is 1.07. The Balaban J connectivity index is 1.66. The molecule has 5 rings (SSSR count). The molecule has 1 saturated carbocycles. The number of nitrogens with zero attached hydrogens (tertiary/aromatic N) is 2. The third kappa shape index (κ3) is 3.53. The zero-order valence-electron chi connectivity index (χ0n) is 20.4. The molecule has 10 nitrogen and oxygen atoms in total. The van der Waals surface area contributed by atoms with Crippen molar-refractivity contribution < 1.29 is 38.9 Å². The van der Waals surface area contributed by atoms with E-state index in [1.807, 2.05) is 0 Å². The molecule has 0 bridgehead atoms. The van der Waals surface area contributed by atoms with Crippen LogP contribution in [0.1, 0.15) is 30.7 Å². The van der Waals surface area contributed by atoms with Gasteiger partial charge in [0.05, 0.1) is 24.9 Å². The van der Waals surface area contributed by atoms with Crippen LogP contribution in [0.5, 0.6) is 5.75 Å². The number of rotatable bonds is 7. The Bertz CT molecular complexity index is 1280. The average molecular weight is 565 g/mol. The van der Waals surface area contributed by atoms with E-state index in [4.69, 9.17) is 33.0 Å². The Morgan fingerprint density at radius 3 is 2.50 bits per heavy atom. The number of halogens is 2. The number of likely N-dealkylation sites (tertiary alicyclic amines) is 2. The second-order valence-electron chi connectivity index (χ2n) is 10.1. The summed E-state index contributed by atoms with van der Waals surface area (Å²) in [6.07, 6.45) is 1.44. The number of carbonyl (C=O) groups is 5. The van der Waals surface area contributed by atoms with Gasteiger partial charge in [0, 0.05) is 25.1 Å². The maximum Gasteiger partial charge on any atom is 0.305 e. The van der Waals surface area contributed by atoms with E-state index in [2.05, 4.69) is 0 Å². The van der Waals surface area contributed by atoms with Crippen LogP contribution in [0.4, 0.5) is 0 Å². The van der Waals surface area contributed by atoms with Crippen LogP contribution in [0.3, 0.4) is 0 Å². The van der Waals surface area contributed by atoms with Crippen molar-refractivity contribution in [2.75, 3.05) is 26.8 Å². The number of carboxylic acids is 1. The predicted octanol–water partition coefficient (Wildman–Crippen LogP) is 1.52. The Labute approximate surface area is 228 Å². The van der Waals surface area contributed by atoms with Gasteiger partial charge in [0.2, 0.25) is 11.8 Å². The van der Waals surface area contributed by atoms with Gasteiger partial charge < -0.3 is 14.9 Å². The van der Waals surface area contributed by atoms with Crippen LogP contribution < -0.4 is 4.74 Å². The van der Waals surface area contributed by atoms with Crippen molar-refractivity contribution >= 4 is 52.8 Å². The number of ether oxygens (including phenoxy) is 1. The molecule has 0 aromatic heterocycles. The molecule has 2 N–H and O–H groups in total. The maximum absolute atomic E-state index is 13.6. The number of para-hydroxylation sites is 1. The fraction of sp³-hybridized carbons (Fsp3) is 0.500. The van der Waals surface area contributed by atoms with Gasteiger partial charge in [-0.2, -0.15) is 0 Å². The minimum atomic E-state index is -1.94. The predicted molar refractivity (Wildman–Crippen MR) is 133 cm³/mol. The average Bonchev–Trinajstić information content (AvgIpc) is 3.21. The lowest BCUT2D eigenvalue weighted by Gasteiger charge is -2.51.